The highest BCUT2D eigenvalue weighted by atomic mass is 79.9. The number of carbonyl (C=O) groups is 1. The molecule has 0 spiro atoms. The maximum Gasteiger partial charge on any atom is 0.255 e. The first kappa shape index (κ1) is 24.8. The molecule has 36 heavy (non-hydrogen) atoms. The lowest BCUT2D eigenvalue weighted by atomic mass is 9.72. The van der Waals surface area contributed by atoms with Gasteiger partial charge in [-0.05, 0) is 72.6 Å². The number of amides is 1. The smallest absolute Gasteiger partial charge is 0.255 e. The Balaban J connectivity index is 1.43. The summed E-state index contributed by atoms with van der Waals surface area (Å²) in [5, 5.41) is 3.75. The first-order valence-electron chi connectivity index (χ1n) is 12.1. The van der Waals surface area contributed by atoms with Crippen molar-refractivity contribution in [1.29, 1.82) is 0 Å². The lowest BCUT2D eigenvalue weighted by Gasteiger charge is -2.33. The summed E-state index contributed by atoms with van der Waals surface area (Å²) >= 11 is 5.14. The second kappa shape index (κ2) is 10.2. The predicted molar refractivity (Wildman–Crippen MR) is 148 cm³/mol. The molecule has 1 N–H and O–H groups in total. The number of aliphatic imine (C=N–C) groups is 1. The van der Waals surface area contributed by atoms with Gasteiger partial charge in [0, 0.05) is 14.9 Å². The van der Waals surface area contributed by atoms with Crippen molar-refractivity contribution in [3.8, 4) is 11.3 Å². The van der Waals surface area contributed by atoms with Gasteiger partial charge in [0.05, 0.1) is 24.6 Å². The SMILES string of the molecule is CC(C)(C)[C@H]1CCc2c(sc(N=Cc3ccc(-c4cccc(Br)c4)o3)c2C(=O)NCc2ccco2)C1. The molecule has 1 aliphatic rings. The molecule has 5 nitrogen and oxygen atoms in total. The lowest BCUT2D eigenvalue weighted by molar-refractivity contribution is 0.0947. The Hall–Kier alpha value is -2.90. The van der Waals surface area contributed by atoms with Gasteiger partial charge < -0.3 is 14.2 Å². The van der Waals surface area contributed by atoms with Gasteiger partial charge in [0.15, 0.2) is 0 Å². The van der Waals surface area contributed by atoms with E-state index in [1.165, 1.54) is 4.88 Å². The van der Waals surface area contributed by atoms with Crippen LogP contribution in [-0.4, -0.2) is 12.1 Å². The highest BCUT2D eigenvalue weighted by Crippen LogP contribution is 2.45. The van der Waals surface area contributed by atoms with E-state index in [-0.39, 0.29) is 11.3 Å². The fraction of sp³-hybridized carbons (Fsp3) is 0.310. The van der Waals surface area contributed by atoms with Crippen LogP contribution < -0.4 is 5.32 Å². The van der Waals surface area contributed by atoms with Crippen LogP contribution in [0.15, 0.2) is 73.1 Å². The topological polar surface area (TPSA) is 67.7 Å². The quantitative estimate of drug-likeness (QED) is 0.240. The Labute approximate surface area is 223 Å². The number of hydrogen-bond acceptors (Lipinski definition) is 5. The molecular formula is C29H29BrN2O3S. The molecule has 186 valence electrons. The van der Waals surface area contributed by atoms with Crippen molar-refractivity contribution >= 4 is 44.4 Å². The third kappa shape index (κ3) is 5.42. The van der Waals surface area contributed by atoms with Crippen LogP contribution in [0, 0.1) is 11.3 Å². The number of furan rings is 2. The van der Waals surface area contributed by atoms with E-state index in [1.54, 1.807) is 23.8 Å². The number of rotatable bonds is 6. The van der Waals surface area contributed by atoms with E-state index in [1.807, 2.05) is 48.5 Å². The Morgan fingerprint density at radius 1 is 1.22 bits per heavy atom. The molecule has 3 aromatic heterocycles. The standard InChI is InChI=1S/C29H29BrN2O3S/c1-29(2,3)19-9-11-23-25(15-19)36-28(26(23)27(33)31-16-21-8-5-13-34-21)32-17-22-10-12-24(35-22)18-6-4-7-20(30)14-18/h4-8,10,12-14,17,19H,9,11,15-16H2,1-3H3,(H,31,33)/t19-/m0/s1. The number of halogens is 1. The van der Waals surface area contributed by atoms with Crippen LogP contribution in [-0.2, 0) is 19.4 Å². The van der Waals surface area contributed by atoms with Crippen LogP contribution in [0.4, 0.5) is 5.00 Å². The minimum Gasteiger partial charge on any atom is -0.467 e. The first-order valence-corrected chi connectivity index (χ1v) is 13.7. The summed E-state index contributed by atoms with van der Waals surface area (Å²) in [6.45, 7) is 7.24. The fourth-order valence-electron chi connectivity index (χ4n) is 4.65. The molecule has 0 saturated heterocycles. The molecule has 0 fully saturated rings. The number of nitrogens with zero attached hydrogens (tertiary/aromatic N) is 1. The largest absolute Gasteiger partial charge is 0.467 e. The Morgan fingerprint density at radius 2 is 2.08 bits per heavy atom. The van der Waals surface area contributed by atoms with Gasteiger partial charge >= 0.3 is 0 Å². The Kier molecular flexibility index (Phi) is 7.04. The molecule has 0 unspecified atom stereocenters. The zero-order valence-electron chi connectivity index (χ0n) is 20.6. The van der Waals surface area contributed by atoms with E-state index in [9.17, 15) is 4.79 Å². The molecule has 0 radical (unpaired) electrons. The summed E-state index contributed by atoms with van der Waals surface area (Å²) in [6.07, 6.45) is 6.26. The van der Waals surface area contributed by atoms with Crippen LogP contribution in [0.3, 0.4) is 0 Å². The first-order chi connectivity index (χ1) is 17.3. The van der Waals surface area contributed by atoms with Gasteiger partial charge in [0.2, 0.25) is 0 Å². The summed E-state index contributed by atoms with van der Waals surface area (Å²) in [7, 11) is 0. The minimum atomic E-state index is -0.112. The summed E-state index contributed by atoms with van der Waals surface area (Å²) < 4.78 is 12.4. The lowest BCUT2D eigenvalue weighted by Crippen LogP contribution is -2.28. The van der Waals surface area contributed by atoms with Crippen molar-refractivity contribution in [3.63, 3.8) is 0 Å². The molecule has 1 amide bonds. The fourth-order valence-corrected chi connectivity index (χ4v) is 6.31. The maximum absolute atomic E-state index is 13.4. The summed E-state index contributed by atoms with van der Waals surface area (Å²) in [5.74, 6) is 2.61. The van der Waals surface area contributed by atoms with E-state index < -0.39 is 0 Å². The second-order valence-corrected chi connectivity index (χ2v) is 12.2. The predicted octanol–water partition coefficient (Wildman–Crippen LogP) is 8.20. The van der Waals surface area contributed by atoms with E-state index >= 15 is 0 Å². The summed E-state index contributed by atoms with van der Waals surface area (Å²) in [5.41, 5.74) is 3.04. The molecule has 1 aliphatic carbocycles. The molecular weight excluding hydrogens is 536 g/mol. The van der Waals surface area contributed by atoms with Crippen molar-refractivity contribution < 1.29 is 13.6 Å². The molecule has 0 bridgehead atoms. The molecule has 7 heteroatoms. The third-order valence-corrected chi connectivity index (χ3v) is 8.40. The van der Waals surface area contributed by atoms with Crippen LogP contribution in [0.2, 0.25) is 0 Å². The third-order valence-electron chi connectivity index (χ3n) is 6.75. The van der Waals surface area contributed by atoms with Gasteiger partial charge in [-0.1, -0.05) is 48.8 Å². The molecule has 1 atom stereocenters. The zero-order valence-corrected chi connectivity index (χ0v) is 23.0. The van der Waals surface area contributed by atoms with Crippen molar-refractivity contribution in [1.82, 2.24) is 5.32 Å². The van der Waals surface area contributed by atoms with Crippen LogP contribution in [0.25, 0.3) is 11.3 Å². The van der Waals surface area contributed by atoms with Crippen molar-refractivity contribution in [2.24, 2.45) is 16.3 Å². The molecule has 0 aliphatic heterocycles. The molecule has 0 saturated carbocycles. The average molecular weight is 566 g/mol. The molecule has 5 rings (SSSR count). The van der Waals surface area contributed by atoms with E-state index in [0.717, 1.165) is 51.4 Å². The van der Waals surface area contributed by atoms with Crippen LogP contribution in [0.1, 0.15) is 59.5 Å². The van der Waals surface area contributed by atoms with Gasteiger partial charge in [0.1, 0.15) is 22.3 Å². The van der Waals surface area contributed by atoms with Crippen molar-refractivity contribution in [2.45, 2.75) is 46.6 Å². The highest BCUT2D eigenvalue weighted by Gasteiger charge is 2.33. The Morgan fingerprint density at radius 3 is 2.83 bits per heavy atom. The van der Waals surface area contributed by atoms with E-state index in [2.05, 4.69) is 42.0 Å². The van der Waals surface area contributed by atoms with Gasteiger partial charge in [0.25, 0.3) is 5.91 Å². The van der Waals surface area contributed by atoms with E-state index in [4.69, 9.17) is 13.8 Å². The maximum atomic E-state index is 13.4. The number of carbonyl (C=O) groups excluding carboxylic acids is 1. The molecule has 3 heterocycles. The molecule has 4 aromatic rings. The number of thiophene rings is 1. The number of hydrogen-bond donors (Lipinski definition) is 1. The normalized spacial score (nSPS) is 15.8. The second-order valence-electron chi connectivity index (χ2n) is 10.2. The van der Waals surface area contributed by atoms with Crippen molar-refractivity contribution in [3.05, 3.63) is 86.8 Å². The number of fused-ring (bicyclic) bond motifs is 1. The summed E-state index contributed by atoms with van der Waals surface area (Å²) in [6, 6.07) is 15.5. The van der Waals surface area contributed by atoms with Gasteiger partial charge in [-0.15, -0.1) is 11.3 Å². The van der Waals surface area contributed by atoms with Gasteiger partial charge in [-0.25, -0.2) is 4.99 Å². The summed E-state index contributed by atoms with van der Waals surface area (Å²) in [4.78, 5) is 19.4. The Bertz CT molecular complexity index is 1390. The van der Waals surface area contributed by atoms with E-state index in [0.29, 0.717) is 23.8 Å². The monoisotopic (exact) mass is 564 g/mol. The van der Waals surface area contributed by atoms with Gasteiger partial charge in [-0.3, -0.25) is 4.79 Å². The molecule has 1 aromatic carbocycles. The number of benzene rings is 1. The highest BCUT2D eigenvalue weighted by molar-refractivity contribution is 9.10. The zero-order chi connectivity index (χ0) is 25.3. The average Bonchev–Trinajstić information content (AvgIpc) is 3.60. The van der Waals surface area contributed by atoms with Crippen LogP contribution >= 0.6 is 27.3 Å². The van der Waals surface area contributed by atoms with Crippen LogP contribution in [0.5, 0.6) is 0 Å². The van der Waals surface area contributed by atoms with Gasteiger partial charge in [-0.2, -0.15) is 0 Å². The minimum absolute atomic E-state index is 0.112. The van der Waals surface area contributed by atoms with Crippen molar-refractivity contribution in [2.75, 3.05) is 0 Å². The number of nitrogens with one attached hydrogen (secondary N) is 1.